The van der Waals surface area contributed by atoms with Crippen LogP contribution in [-0.4, -0.2) is 66.4 Å². The summed E-state index contributed by atoms with van der Waals surface area (Å²) in [6.07, 6.45) is 1.31. The number of hydrogen-bond acceptors (Lipinski definition) is 6. The van der Waals surface area contributed by atoms with E-state index in [1.54, 1.807) is 6.07 Å². The summed E-state index contributed by atoms with van der Waals surface area (Å²) in [7, 11) is 1.40. The largest absolute Gasteiger partial charge is 0.465 e. The molecule has 0 saturated carbocycles. The van der Waals surface area contributed by atoms with Crippen LogP contribution in [0.3, 0.4) is 0 Å². The molecule has 0 radical (unpaired) electrons. The Hall–Kier alpha value is -1.96. The van der Waals surface area contributed by atoms with Gasteiger partial charge in [0.2, 0.25) is 0 Å². The van der Waals surface area contributed by atoms with Crippen molar-refractivity contribution in [1.29, 1.82) is 0 Å². The molecule has 4 rings (SSSR count). The number of nitrogens with one attached hydrogen (secondary N) is 1. The predicted octanol–water partition coefficient (Wildman–Crippen LogP) is 1.02. The quantitative estimate of drug-likeness (QED) is 0.817. The van der Waals surface area contributed by atoms with Crippen LogP contribution in [0.25, 0.3) is 11.0 Å². The number of benzene rings is 1. The number of aromatic nitrogens is 2. The minimum atomic E-state index is -0.321. The molecule has 3 heterocycles. The van der Waals surface area contributed by atoms with E-state index in [2.05, 4.69) is 14.8 Å². The van der Waals surface area contributed by atoms with Gasteiger partial charge in [-0.15, -0.1) is 0 Å². The van der Waals surface area contributed by atoms with Crippen LogP contribution in [-0.2, 0) is 22.6 Å². The van der Waals surface area contributed by atoms with E-state index >= 15 is 0 Å². The van der Waals surface area contributed by atoms with Crippen LogP contribution >= 0.6 is 0 Å². The number of carbonyl (C=O) groups excluding carboxylic acids is 1. The molecule has 2 aromatic rings. The highest BCUT2D eigenvalue weighted by atomic mass is 16.5. The van der Waals surface area contributed by atoms with Crippen molar-refractivity contribution in [1.82, 2.24) is 19.8 Å². The van der Waals surface area contributed by atoms with E-state index in [0.29, 0.717) is 5.56 Å². The van der Waals surface area contributed by atoms with Crippen molar-refractivity contribution in [2.24, 2.45) is 0 Å². The average molecular weight is 344 g/mol. The number of esters is 1. The minimum absolute atomic E-state index is 0.237. The summed E-state index contributed by atoms with van der Waals surface area (Å²) in [6.45, 7) is 6.50. The van der Waals surface area contributed by atoms with Gasteiger partial charge in [0, 0.05) is 32.8 Å². The fourth-order valence-corrected chi connectivity index (χ4v) is 3.44. The molecule has 7 heteroatoms. The molecule has 1 N–H and O–H groups in total. The Morgan fingerprint density at radius 1 is 1.40 bits per heavy atom. The maximum absolute atomic E-state index is 11.9. The van der Waals surface area contributed by atoms with Gasteiger partial charge in [-0.3, -0.25) is 4.90 Å². The SMILES string of the molecule is COC(=O)c1ccc2nc(CN3CCNCC3)n(CC3CCO3)c2c1. The molecule has 134 valence electrons. The normalized spacial score (nSPS) is 21.2. The number of piperazine rings is 1. The Morgan fingerprint density at radius 2 is 2.20 bits per heavy atom. The van der Waals surface area contributed by atoms with Crippen LogP contribution in [0.4, 0.5) is 0 Å². The van der Waals surface area contributed by atoms with Crippen LogP contribution in [0.5, 0.6) is 0 Å². The zero-order valence-corrected chi connectivity index (χ0v) is 14.5. The summed E-state index contributed by atoms with van der Waals surface area (Å²) in [5.41, 5.74) is 2.44. The van der Waals surface area contributed by atoms with E-state index in [4.69, 9.17) is 14.5 Å². The fourth-order valence-electron chi connectivity index (χ4n) is 3.44. The summed E-state index contributed by atoms with van der Waals surface area (Å²) in [5.74, 6) is 0.715. The van der Waals surface area contributed by atoms with Gasteiger partial charge in [-0.25, -0.2) is 9.78 Å². The molecule has 0 aliphatic carbocycles. The van der Waals surface area contributed by atoms with Gasteiger partial charge in [0.25, 0.3) is 0 Å². The highest BCUT2D eigenvalue weighted by molar-refractivity contribution is 5.93. The highest BCUT2D eigenvalue weighted by Gasteiger charge is 2.23. The Bertz CT molecular complexity index is 763. The summed E-state index contributed by atoms with van der Waals surface area (Å²) < 4.78 is 12.7. The van der Waals surface area contributed by atoms with E-state index in [1.165, 1.54) is 7.11 Å². The zero-order valence-electron chi connectivity index (χ0n) is 14.5. The minimum Gasteiger partial charge on any atom is -0.465 e. The van der Waals surface area contributed by atoms with Crippen molar-refractivity contribution in [3.8, 4) is 0 Å². The molecule has 7 nitrogen and oxygen atoms in total. The summed E-state index contributed by atoms with van der Waals surface area (Å²) in [5, 5.41) is 3.38. The molecule has 2 fully saturated rings. The third-order valence-electron chi connectivity index (χ3n) is 5.00. The van der Waals surface area contributed by atoms with Crippen molar-refractivity contribution < 1.29 is 14.3 Å². The topological polar surface area (TPSA) is 68.6 Å². The number of ether oxygens (including phenoxy) is 2. The van der Waals surface area contributed by atoms with Crippen LogP contribution in [0.2, 0.25) is 0 Å². The van der Waals surface area contributed by atoms with Crippen LogP contribution in [0, 0.1) is 0 Å². The van der Waals surface area contributed by atoms with Crippen LogP contribution in [0.1, 0.15) is 22.6 Å². The first-order valence-corrected chi connectivity index (χ1v) is 8.87. The number of hydrogen-bond donors (Lipinski definition) is 1. The first kappa shape index (κ1) is 16.5. The lowest BCUT2D eigenvalue weighted by Gasteiger charge is -2.29. The van der Waals surface area contributed by atoms with Gasteiger partial charge < -0.3 is 19.4 Å². The molecule has 0 spiro atoms. The Kier molecular flexibility index (Phi) is 4.70. The number of nitrogens with zero attached hydrogens (tertiary/aromatic N) is 3. The molecule has 0 bridgehead atoms. The van der Waals surface area contributed by atoms with Crippen molar-refractivity contribution in [3.05, 3.63) is 29.6 Å². The van der Waals surface area contributed by atoms with E-state index in [9.17, 15) is 4.79 Å². The smallest absolute Gasteiger partial charge is 0.337 e. The lowest BCUT2D eigenvalue weighted by Crippen LogP contribution is -2.43. The summed E-state index contributed by atoms with van der Waals surface area (Å²) >= 11 is 0. The van der Waals surface area contributed by atoms with Crippen LogP contribution in [0.15, 0.2) is 18.2 Å². The molecule has 2 aliphatic heterocycles. The van der Waals surface area contributed by atoms with Crippen molar-refractivity contribution in [2.45, 2.75) is 25.6 Å². The van der Waals surface area contributed by atoms with E-state index in [0.717, 1.165) is 69.2 Å². The Balaban J connectivity index is 1.69. The second-order valence-corrected chi connectivity index (χ2v) is 6.64. The third-order valence-corrected chi connectivity index (χ3v) is 5.00. The zero-order chi connectivity index (χ0) is 17.2. The maximum Gasteiger partial charge on any atom is 0.337 e. The Labute approximate surface area is 146 Å². The maximum atomic E-state index is 11.9. The number of rotatable bonds is 5. The molecular weight excluding hydrogens is 320 g/mol. The predicted molar refractivity (Wildman–Crippen MR) is 93.6 cm³/mol. The highest BCUT2D eigenvalue weighted by Crippen LogP contribution is 2.23. The molecule has 2 aliphatic rings. The molecule has 2 saturated heterocycles. The molecule has 1 aromatic carbocycles. The van der Waals surface area contributed by atoms with Gasteiger partial charge in [0.1, 0.15) is 5.82 Å². The number of imidazole rings is 1. The molecule has 1 atom stereocenters. The van der Waals surface area contributed by atoms with E-state index in [1.807, 2.05) is 12.1 Å². The summed E-state index contributed by atoms with van der Waals surface area (Å²) in [4.78, 5) is 19.1. The van der Waals surface area contributed by atoms with Gasteiger partial charge in [-0.05, 0) is 24.6 Å². The molecule has 1 aromatic heterocycles. The molecule has 0 amide bonds. The van der Waals surface area contributed by atoms with Crippen molar-refractivity contribution >= 4 is 17.0 Å². The Morgan fingerprint density at radius 3 is 2.88 bits per heavy atom. The number of fused-ring (bicyclic) bond motifs is 1. The summed E-state index contributed by atoms with van der Waals surface area (Å²) in [6, 6.07) is 5.56. The van der Waals surface area contributed by atoms with Crippen molar-refractivity contribution in [3.63, 3.8) is 0 Å². The number of carbonyl (C=O) groups is 1. The van der Waals surface area contributed by atoms with Crippen molar-refractivity contribution in [2.75, 3.05) is 39.9 Å². The number of methoxy groups -OCH3 is 1. The van der Waals surface area contributed by atoms with Gasteiger partial charge in [-0.2, -0.15) is 0 Å². The lowest BCUT2D eigenvalue weighted by molar-refractivity contribution is -0.0592. The monoisotopic (exact) mass is 344 g/mol. The standard InChI is InChI=1S/C18H24N4O3/c1-24-18(23)13-2-3-15-16(10-13)22(11-14-4-9-25-14)17(20-15)12-21-7-5-19-6-8-21/h2-3,10,14,19H,4-9,11-12H2,1H3. The van der Waals surface area contributed by atoms with Gasteiger partial charge in [-0.1, -0.05) is 0 Å². The first-order valence-electron chi connectivity index (χ1n) is 8.87. The molecule has 1 unspecified atom stereocenters. The van der Waals surface area contributed by atoms with Gasteiger partial charge >= 0.3 is 5.97 Å². The van der Waals surface area contributed by atoms with Crippen LogP contribution < -0.4 is 5.32 Å². The second kappa shape index (κ2) is 7.11. The second-order valence-electron chi connectivity index (χ2n) is 6.64. The molecule has 25 heavy (non-hydrogen) atoms. The molecular formula is C18H24N4O3. The average Bonchev–Trinajstić information content (AvgIpc) is 2.94. The van der Waals surface area contributed by atoms with E-state index in [-0.39, 0.29) is 12.1 Å². The lowest BCUT2D eigenvalue weighted by atomic mass is 10.1. The van der Waals surface area contributed by atoms with Gasteiger partial charge in [0.15, 0.2) is 0 Å². The first-order chi connectivity index (χ1) is 12.2. The third kappa shape index (κ3) is 3.40. The van der Waals surface area contributed by atoms with Gasteiger partial charge in [0.05, 0.1) is 42.9 Å². The fraction of sp³-hybridized carbons (Fsp3) is 0.556. The van der Waals surface area contributed by atoms with E-state index < -0.39 is 0 Å².